The zero-order valence-corrected chi connectivity index (χ0v) is 20.8. The average Bonchev–Trinajstić information content (AvgIpc) is 3.19. The number of aliphatic imine (C=N–C) groups is 1. The van der Waals surface area contributed by atoms with Gasteiger partial charge in [0.1, 0.15) is 11.9 Å². The standard InChI is InChI=1S/C24H33N3O3.HI/c1-3-25-24(27-17-22-15-21-10-5-6-11-23(21)30-22)26-16-19-8-7-9-20(14-19)18-29-13-12-28-4-2;/h5-11,14,22H,3-4,12-13,15-18H2,1-2H3,(H2,25,26,27);1H. The molecule has 1 atom stereocenters. The van der Waals surface area contributed by atoms with Crippen LogP contribution in [0, 0.1) is 0 Å². The van der Waals surface area contributed by atoms with Crippen LogP contribution in [0.15, 0.2) is 53.5 Å². The summed E-state index contributed by atoms with van der Waals surface area (Å²) in [4.78, 5) is 4.73. The van der Waals surface area contributed by atoms with Crippen molar-refractivity contribution in [3.8, 4) is 5.75 Å². The molecule has 1 unspecified atom stereocenters. The molecule has 170 valence electrons. The summed E-state index contributed by atoms with van der Waals surface area (Å²) >= 11 is 0. The number of rotatable bonds is 11. The van der Waals surface area contributed by atoms with Gasteiger partial charge in [-0.15, -0.1) is 24.0 Å². The highest BCUT2D eigenvalue weighted by atomic mass is 127. The van der Waals surface area contributed by atoms with Gasteiger partial charge in [-0.05, 0) is 36.6 Å². The molecule has 2 aromatic rings. The molecule has 0 amide bonds. The summed E-state index contributed by atoms with van der Waals surface area (Å²) in [5.74, 6) is 1.79. The molecule has 6 nitrogen and oxygen atoms in total. The summed E-state index contributed by atoms with van der Waals surface area (Å²) < 4.78 is 17.0. The fourth-order valence-corrected chi connectivity index (χ4v) is 3.36. The van der Waals surface area contributed by atoms with Crippen molar-refractivity contribution < 1.29 is 14.2 Å². The van der Waals surface area contributed by atoms with E-state index in [9.17, 15) is 0 Å². The number of ether oxygens (including phenoxy) is 3. The van der Waals surface area contributed by atoms with Crippen LogP contribution in [0.4, 0.5) is 0 Å². The van der Waals surface area contributed by atoms with Gasteiger partial charge < -0.3 is 24.8 Å². The lowest BCUT2D eigenvalue weighted by atomic mass is 10.1. The van der Waals surface area contributed by atoms with E-state index in [1.54, 1.807) is 0 Å². The molecule has 0 aliphatic carbocycles. The van der Waals surface area contributed by atoms with Gasteiger partial charge in [0.15, 0.2) is 5.96 Å². The van der Waals surface area contributed by atoms with E-state index >= 15 is 0 Å². The molecule has 2 N–H and O–H groups in total. The first-order chi connectivity index (χ1) is 14.8. The Hall–Kier alpha value is -1.84. The van der Waals surface area contributed by atoms with Gasteiger partial charge in [-0.2, -0.15) is 0 Å². The van der Waals surface area contributed by atoms with Crippen LogP contribution >= 0.6 is 24.0 Å². The molecular weight excluding hydrogens is 505 g/mol. The summed E-state index contributed by atoms with van der Waals surface area (Å²) in [6, 6.07) is 16.6. The van der Waals surface area contributed by atoms with Crippen molar-refractivity contribution in [2.75, 3.05) is 32.9 Å². The number of benzene rings is 2. The zero-order chi connectivity index (χ0) is 21.0. The minimum absolute atomic E-state index is 0. The second kappa shape index (κ2) is 14.3. The number of nitrogens with one attached hydrogen (secondary N) is 2. The number of guanidine groups is 1. The van der Waals surface area contributed by atoms with Crippen LogP contribution in [0.3, 0.4) is 0 Å². The Kier molecular flexibility index (Phi) is 11.7. The Morgan fingerprint density at radius 1 is 1.03 bits per heavy atom. The van der Waals surface area contributed by atoms with Gasteiger partial charge in [-0.25, -0.2) is 4.99 Å². The summed E-state index contributed by atoms with van der Waals surface area (Å²) in [5, 5.41) is 6.72. The molecule has 1 aliphatic heterocycles. The van der Waals surface area contributed by atoms with Crippen molar-refractivity contribution in [1.29, 1.82) is 0 Å². The molecule has 7 heteroatoms. The van der Waals surface area contributed by atoms with Crippen molar-refractivity contribution >= 4 is 29.9 Å². The summed E-state index contributed by atoms with van der Waals surface area (Å²) in [5.41, 5.74) is 3.57. The van der Waals surface area contributed by atoms with Crippen LogP contribution in [0.1, 0.15) is 30.5 Å². The molecule has 3 rings (SSSR count). The van der Waals surface area contributed by atoms with Gasteiger partial charge >= 0.3 is 0 Å². The third-order valence-electron chi connectivity index (χ3n) is 4.81. The SMILES string of the molecule is CCNC(=NCc1cccc(COCCOCC)c1)NCC1Cc2ccccc2O1.I. The number of fused-ring (bicyclic) bond motifs is 1. The maximum Gasteiger partial charge on any atom is 0.191 e. The minimum Gasteiger partial charge on any atom is -0.488 e. The summed E-state index contributed by atoms with van der Waals surface area (Å²) in [6.07, 6.45) is 1.05. The van der Waals surface area contributed by atoms with E-state index in [2.05, 4.69) is 54.0 Å². The predicted molar refractivity (Wildman–Crippen MR) is 135 cm³/mol. The van der Waals surface area contributed by atoms with Crippen LogP contribution in [0.2, 0.25) is 0 Å². The third-order valence-corrected chi connectivity index (χ3v) is 4.81. The van der Waals surface area contributed by atoms with E-state index in [0.717, 1.165) is 42.4 Å². The molecule has 0 fully saturated rings. The number of hydrogen-bond acceptors (Lipinski definition) is 4. The molecule has 0 spiro atoms. The van der Waals surface area contributed by atoms with Gasteiger partial charge in [0.2, 0.25) is 0 Å². The first kappa shape index (κ1) is 25.4. The Labute approximate surface area is 202 Å². The van der Waals surface area contributed by atoms with Gasteiger partial charge in [-0.3, -0.25) is 0 Å². The number of hydrogen-bond donors (Lipinski definition) is 2. The van der Waals surface area contributed by atoms with Gasteiger partial charge in [0.05, 0.1) is 32.9 Å². The van der Waals surface area contributed by atoms with Crippen LogP contribution in [0.5, 0.6) is 5.75 Å². The highest BCUT2D eigenvalue weighted by Gasteiger charge is 2.22. The fourth-order valence-electron chi connectivity index (χ4n) is 3.36. The number of halogens is 1. The average molecular weight is 539 g/mol. The van der Waals surface area contributed by atoms with Crippen LogP contribution in [0.25, 0.3) is 0 Å². The Bertz CT molecular complexity index is 791. The Balaban J connectivity index is 0.00000341. The lowest BCUT2D eigenvalue weighted by Gasteiger charge is -2.15. The van der Waals surface area contributed by atoms with E-state index in [4.69, 9.17) is 19.2 Å². The molecule has 0 saturated heterocycles. The molecule has 0 saturated carbocycles. The highest BCUT2D eigenvalue weighted by Crippen LogP contribution is 2.27. The largest absolute Gasteiger partial charge is 0.488 e. The second-order valence-corrected chi connectivity index (χ2v) is 7.20. The lowest BCUT2D eigenvalue weighted by Crippen LogP contribution is -2.42. The molecule has 1 heterocycles. The highest BCUT2D eigenvalue weighted by molar-refractivity contribution is 14.0. The van der Waals surface area contributed by atoms with E-state index < -0.39 is 0 Å². The van der Waals surface area contributed by atoms with Crippen LogP contribution in [-0.4, -0.2) is 45.0 Å². The topological polar surface area (TPSA) is 64.1 Å². The molecule has 0 bridgehead atoms. The molecule has 0 radical (unpaired) electrons. The van der Waals surface area contributed by atoms with E-state index in [0.29, 0.717) is 32.9 Å². The third kappa shape index (κ3) is 8.66. The van der Waals surface area contributed by atoms with Crippen LogP contribution < -0.4 is 15.4 Å². The molecule has 1 aliphatic rings. The Morgan fingerprint density at radius 2 is 1.84 bits per heavy atom. The number of para-hydroxylation sites is 1. The van der Waals surface area contributed by atoms with E-state index in [-0.39, 0.29) is 30.1 Å². The van der Waals surface area contributed by atoms with Gasteiger partial charge in [-0.1, -0.05) is 42.5 Å². The van der Waals surface area contributed by atoms with Crippen molar-refractivity contribution in [1.82, 2.24) is 10.6 Å². The lowest BCUT2D eigenvalue weighted by molar-refractivity contribution is 0.0453. The number of nitrogens with zero attached hydrogens (tertiary/aromatic N) is 1. The smallest absolute Gasteiger partial charge is 0.191 e. The zero-order valence-electron chi connectivity index (χ0n) is 18.4. The van der Waals surface area contributed by atoms with Crippen LogP contribution in [-0.2, 0) is 29.0 Å². The normalized spacial score (nSPS) is 15.0. The van der Waals surface area contributed by atoms with E-state index in [1.165, 1.54) is 5.56 Å². The first-order valence-electron chi connectivity index (χ1n) is 10.8. The molecule has 31 heavy (non-hydrogen) atoms. The van der Waals surface area contributed by atoms with E-state index in [1.807, 2.05) is 19.1 Å². The van der Waals surface area contributed by atoms with Crippen molar-refractivity contribution in [3.05, 3.63) is 65.2 Å². The first-order valence-corrected chi connectivity index (χ1v) is 10.8. The maximum atomic E-state index is 6.01. The maximum absolute atomic E-state index is 6.01. The molecular formula is C24H34IN3O3. The molecule has 0 aromatic heterocycles. The summed E-state index contributed by atoms with van der Waals surface area (Å²) in [6.45, 7) is 8.74. The van der Waals surface area contributed by atoms with Gasteiger partial charge in [0.25, 0.3) is 0 Å². The van der Waals surface area contributed by atoms with Crippen molar-refractivity contribution in [2.45, 2.75) is 39.5 Å². The molecule has 2 aromatic carbocycles. The second-order valence-electron chi connectivity index (χ2n) is 7.20. The monoisotopic (exact) mass is 539 g/mol. The van der Waals surface area contributed by atoms with Crippen molar-refractivity contribution in [2.24, 2.45) is 4.99 Å². The van der Waals surface area contributed by atoms with Crippen molar-refractivity contribution in [3.63, 3.8) is 0 Å². The van der Waals surface area contributed by atoms with Gasteiger partial charge in [0, 0.05) is 19.6 Å². The summed E-state index contributed by atoms with van der Waals surface area (Å²) in [7, 11) is 0. The minimum atomic E-state index is 0. The quantitative estimate of drug-likeness (QED) is 0.196. The Morgan fingerprint density at radius 3 is 2.65 bits per heavy atom. The fraction of sp³-hybridized carbons (Fsp3) is 0.458. The predicted octanol–water partition coefficient (Wildman–Crippen LogP) is 3.92.